The van der Waals surface area contributed by atoms with Crippen LogP contribution in [-0.4, -0.2) is 35.5 Å². The lowest BCUT2D eigenvalue weighted by Crippen LogP contribution is -2.54. The lowest BCUT2D eigenvalue weighted by atomic mass is 9.92. The van der Waals surface area contributed by atoms with E-state index in [2.05, 4.69) is 0 Å². The van der Waals surface area contributed by atoms with E-state index in [4.69, 9.17) is 10.9 Å². The van der Waals surface area contributed by atoms with Crippen molar-refractivity contribution in [3.8, 4) is 0 Å². The van der Waals surface area contributed by atoms with E-state index in [0.717, 1.165) is 5.01 Å². The normalized spacial score (nSPS) is 32.1. The van der Waals surface area contributed by atoms with Gasteiger partial charge in [-0.05, 0) is 18.8 Å². The lowest BCUT2D eigenvalue weighted by molar-refractivity contribution is -0.197. The van der Waals surface area contributed by atoms with Gasteiger partial charge in [-0.2, -0.15) is 13.2 Å². The van der Waals surface area contributed by atoms with Crippen LogP contribution >= 0.6 is 0 Å². The van der Waals surface area contributed by atoms with Crippen molar-refractivity contribution in [1.82, 2.24) is 5.01 Å². The number of rotatable bonds is 1. The molecule has 78 valence electrons. The number of alkyl halides is 3. The van der Waals surface area contributed by atoms with E-state index in [1.54, 1.807) is 0 Å². The Morgan fingerprint density at radius 1 is 1.46 bits per heavy atom. The molecule has 0 amide bonds. The van der Waals surface area contributed by atoms with E-state index in [1.807, 2.05) is 0 Å². The summed E-state index contributed by atoms with van der Waals surface area (Å²) in [6.45, 7) is -0.00414. The monoisotopic (exact) mass is 198 g/mol. The first-order valence-electron chi connectivity index (χ1n) is 4.14. The van der Waals surface area contributed by atoms with Crippen LogP contribution in [0, 0.1) is 5.92 Å². The minimum Gasteiger partial charge on any atom is -0.396 e. The van der Waals surface area contributed by atoms with Gasteiger partial charge in [-0.25, -0.2) is 5.01 Å². The summed E-state index contributed by atoms with van der Waals surface area (Å²) in [5.41, 5.74) is 0. The van der Waals surface area contributed by atoms with Gasteiger partial charge >= 0.3 is 6.18 Å². The third-order valence-electron chi connectivity index (χ3n) is 2.39. The first-order valence-corrected chi connectivity index (χ1v) is 4.14. The van der Waals surface area contributed by atoms with E-state index in [0.29, 0.717) is 6.42 Å². The third kappa shape index (κ3) is 2.55. The molecule has 1 aliphatic heterocycles. The summed E-state index contributed by atoms with van der Waals surface area (Å²) in [5.74, 6) is 4.94. The minimum absolute atomic E-state index is 0.101. The molecule has 2 atom stereocenters. The molecule has 0 aromatic rings. The average molecular weight is 198 g/mol. The number of aliphatic hydroxyl groups is 1. The van der Waals surface area contributed by atoms with Gasteiger partial charge in [0.05, 0.1) is 0 Å². The molecule has 1 heterocycles. The fraction of sp³-hybridized carbons (Fsp3) is 1.00. The topological polar surface area (TPSA) is 49.5 Å². The largest absolute Gasteiger partial charge is 0.405 e. The predicted molar refractivity (Wildman–Crippen MR) is 40.5 cm³/mol. The SMILES string of the molecule is NN1CCC(CO)CC1C(F)(F)F. The van der Waals surface area contributed by atoms with Crippen molar-refractivity contribution in [1.29, 1.82) is 0 Å². The molecule has 0 bridgehead atoms. The Balaban J connectivity index is 2.60. The fourth-order valence-electron chi connectivity index (χ4n) is 1.54. The Morgan fingerprint density at radius 2 is 2.08 bits per heavy atom. The standard InChI is InChI=1S/C7H13F3N2O/c8-7(9,10)6-3-5(4-13)1-2-12(6)11/h5-6,13H,1-4,11H2. The van der Waals surface area contributed by atoms with Crippen molar-refractivity contribution >= 4 is 0 Å². The molecule has 0 spiro atoms. The van der Waals surface area contributed by atoms with Crippen LogP contribution in [0.3, 0.4) is 0 Å². The van der Waals surface area contributed by atoms with Gasteiger partial charge in [0.1, 0.15) is 6.04 Å². The zero-order valence-corrected chi connectivity index (χ0v) is 7.09. The average Bonchev–Trinajstić information content (AvgIpc) is 2.03. The highest BCUT2D eigenvalue weighted by atomic mass is 19.4. The molecule has 0 radical (unpaired) electrons. The van der Waals surface area contributed by atoms with Crippen LogP contribution in [0.25, 0.3) is 0 Å². The van der Waals surface area contributed by atoms with Gasteiger partial charge in [-0.3, -0.25) is 5.84 Å². The molecule has 0 aromatic heterocycles. The van der Waals surface area contributed by atoms with Crippen LogP contribution in [0.2, 0.25) is 0 Å². The van der Waals surface area contributed by atoms with Crippen LogP contribution in [-0.2, 0) is 0 Å². The molecule has 2 unspecified atom stereocenters. The molecule has 0 aromatic carbocycles. The summed E-state index contributed by atoms with van der Waals surface area (Å²) in [6, 6.07) is -1.60. The van der Waals surface area contributed by atoms with Gasteiger partial charge in [0.25, 0.3) is 0 Å². The number of nitrogens with zero attached hydrogens (tertiary/aromatic N) is 1. The Hall–Kier alpha value is -0.330. The maximum absolute atomic E-state index is 12.3. The van der Waals surface area contributed by atoms with Gasteiger partial charge in [0, 0.05) is 13.2 Å². The highest BCUT2D eigenvalue weighted by Crippen LogP contribution is 2.32. The van der Waals surface area contributed by atoms with Gasteiger partial charge in [0.2, 0.25) is 0 Å². The summed E-state index contributed by atoms with van der Waals surface area (Å²) < 4.78 is 36.9. The van der Waals surface area contributed by atoms with Crippen molar-refractivity contribution in [2.75, 3.05) is 13.2 Å². The van der Waals surface area contributed by atoms with Gasteiger partial charge < -0.3 is 5.11 Å². The minimum atomic E-state index is -4.29. The number of aliphatic hydroxyl groups excluding tert-OH is 1. The summed E-state index contributed by atoms with van der Waals surface area (Å²) in [6.07, 6.45) is -3.86. The van der Waals surface area contributed by atoms with Crippen LogP contribution in [0.4, 0.5) is 13.2 Å². The molecular formula is C7H13F3N2O. The van der Waals surface area contributed by atoms with E-state index in [-0.39, 0.29) is 25.5 Å². The predicted octanol–water partition coefficient (Wildman–Crippen LogP) is 0.495. The molecule has 1 saturated heterocycles. The number of piperidine rings is 1. The molecule has 3 nitrogen and oxygen atoms in total. The third-order valence-corrected chi connectivity index (χ3v) is 2.39. The molecule has 6 heteroatoms. The number of hydrogen-bond donors (Lipinski definition) is 2. The van der Waals surface area contributed by atoms with Crippen LogP contribution in [0.5, 0.6) is 0 Å². The Morgan fingerprint density at radius 3 is 2.54 bits per heavy atom. The molecule has 0 saturated carbocycles. The zero-order chi connectivity index (χ0) is 10.1. The molecule has 3 N–H and O–H groups in total. The van der Waals surface area contributed by atoms with Gasteiger partial charge in [-0.15, -0.1) is 0 Å². The van der Waals surface area contributed by atoms with Crippen molar-refractivity contribution in [2.45, 2.75) is 25.1 Å². The molecule has 1 aliphatic rings. The Bertz CT molecular complexity index is 174. The second-order valence-electron chi connectivity index (χ2n) is 3.37. The Labute approximate surface area is 74.3 Å². The molecule has 13 heavy (non-hydrogen) atoms. The smallest absolute Gasteiger partial charge is 0.396 e. The fourth-order valence-corrected chi connectivity index (χ4v) is 1.54. The molecular weight excluding hydrogens is 185 g/mol. The zero-order valence-electron chi connectivity index (χ0n) is 7.09. The molecule has 1 fully saturated rings. The number of hydrogen-bond acceptors (Lipinski definition) is 3. The van der Waals surface area contributed by atoms with Crippen molar-refractivity contribution < 1.29 is 18.3 Å². The highest BCUT2D eigenvalue weighted by Gasteiger charge is 2.45. The van der Waals surface area contributed by atoms with E-state index in [9.17, 15) is 13.2 Å². The summed E-state index contributed by atoms with van der Waals surface area (Å²) in [5, 5.41) is 9.55. The van der Waals surface area contributed by atoms with Gasteiger partial charge in [-0.1, -0.05) is 0 Å². The van der Waals surface area contributed by atoms with Crippen LogP contribution < -0.4 is 5.84 Å². The highest BCUT2D eigenvalue weighted by molar-refractivity contribution is 4.83. The maximum atomic E-state index is 12.3. The summed E-state index contributed by atoms with van der Waals surface area (Å²) in [7, 11) is 0. The summed E-state index contributed by atoms with van der Waals surface area (Å²) in [4.78, 5) is 0. The van der Waals surface area contributed by atoms with Crippen molar-refractivity contribution in [2.24, 2.45) is 11.8 Å². The van der Waals surface area contributed by atoms with Crippen molar-refractivity contribution in [3.63, 3.8) is 0 Å². The van der Waals surface area contributed by atoms with Crippen LogP contribution in [0.15, 0.2) is 0 Å². The first-order chi connectivity index (χ1) is 5.95. The number of hydrazine groups is 1. The number of halogens is 3. The quantitative estimate of drug-likeness (QED) is 0.603. The Kier molecular flexibility index (Phi) is 3.15. The van der Waals surface area contributed by atoms with Crippen LogP contribution in [0.1, 0.15) is 12.8 Å². The van der Waals surface area contributed by atoms with Gasteiger partial charge in [0.15, 0.2) is 0 Å². The molecule has 0 aliphatic carbocycles. The van der Waals surface area contributed by atoms with Crippen molar-refractivity contribution in [3.05, 3.63) is 0 Å². The second kappa shape index (κ2) is 3.81. The molecule has 1 rings (SSSR count). The maximum Gasteiger partial charge on any atom is 0.405 e. The van der Waals surface area contributed by atoms with E-state index >= 15 is 0 Å². The lowest BCUT2D eigenvalue weighted by Gasteiger charge is -2.36. The summed E-state index contributed by atoms with van der Waals surface area (Å²) >= 11 is 0. The second-order valence-corrected chi connectivity index (χ2v) is 3.37. The number of nitrogens with two attached hydrogens (primary N) is 1. The van der Waals surface area contributed by atoms with E-state index in [1.165, 1.54) is 0 Å². The first kappa shape index (κ1) is 10.7. The van der Waals surface area contributed by atoms with E-state index < -0.39 is 12.2 Å².